The van der Waals surface area contributed by atoms with Gasteiger partial charge in [-0.15, -0.1) is 0 Å². The van der Waals surface area contributed by atoms with Gasteiger partial charge in [0.25, 0.3) is 0 Å². The monoisotopic (exact) mass is 271 g/mol. The van der Waals surface area contributed by atoms with Crippen LogP contribution in [0.1, 0.15) is 26.3 Å². The van der Waals surface area contributed by atoms with Gasteiger partial charge >= 0.3 is 0 Å². The minimum absolute atomic E-state index is 0.119. The molecule has 5 heteroatoms. The first-order valence-electron chi connectivity index (χ1n) is 6.16. The molecule has 0 spiro atoms. The molecule has 0 unspecified atom stereocenters. The lowest BCUT2D eigenvalue weighted by molar-refractivity contribution is 0.242. The Morgan fingerprint density at radius 1 is 1.22 bits per heavy atom. The summed E-state index contributed by atoms with van der Waals surface area (Å²) in [6.45, 7) is 6.02. The predicted molar refractivity (Wildman–Crippen MR) is 73.4 cm³/mol. The van der Waals surface area contributed by atoms with Crippen molar-refractivity contribution in [2.75, 3.05) is 12.3 Å². The molecule has 0 aliphatic carbocycles. The molecule has 18 heavy (non-hydrogen) atoms. The highest BCUT2D eigenvalue weighted by Gasteiger charge is 2.05. The van der Waals surface area contributed by atoms with Gasteiger partial charge in [-0.1, -0.05) is 12.1 Å². The van der Waals surface area contributed by atoms with Crippen LogP contribution in [-0.4, -0.2) is 26.8 Å². The Kier molecular flexibility index (Phi) is 5.62. The summed E-state index contributed by atoms with van der Waals surface area (Å²) in [4.78, 5) is 0. The largest absolute Gasteiger partial charge is 0.491 e. The number of hydrogen-bond donors (Lipinski definition) is 1. The van der Waals surface area contributed by atoms with Gasteiger partial charge in [-0.25, -0.2) is 13.1 Å². The lowest BCUT2D eigenvalue weighted by atomic mass is 10.1. The van der Waals surface area contributed by atoms with E-state index in [1.165, 1.54) is 0 Å². The smallest absolute Gasteiger partial charge is 0.211 e. The third-order valence-corrected chi connectivity index (χ3v) is 3.81. The zero-order valence-electron chi connectivity index (χ0n) is 11.1. The molecular weight excluding hydrogens is 250 g/mol. The first-order valence-corrected chi connectivity index (χ1v) is 7.81. The predicted octanol–water partition coefficient (Wildman–Crippen LogP) is 1.96. The van der Waals surface area contributed by atoms with E-state index in [1.54, 1.807) is 6.92 Å². The zero-order chi connectivity index (χ0) is 13.6. The second kappa shape index (κ2) is 6.75. The lowest BCUT2D eigenvalue weighted by Crippen LogP contribution is -2.27. The van der Waals surface area contributed by atoms with Crippen LogP contribution in [0.5, 0.6) is 5.75 Å². The van der Waals surface area contributed by atoms with Gasteiger partial charge in [0, 0.05) is 6.54 Å². The van der Waals surface area contributed by atoms with E-state index < -0.39 is 10.0 Å². The quantitative estimate of drug-likeness (QED) is 0.824. The van der Waals surface area contributed by atoms with Gasteiger partial charge in [0.1, 0.15) is 5.75 Å². The molecule has 0 heterocycles. The fourth-order valence-corrected chi connectivity index (χ4v) is 2.08. The molecule has 0 aliphatic heterocycles. The topological polar surface area (TPSA) is 55.4 Å². The van der Waals surface area contributed by atoms with E-state index in [9.17, 15) is 8.42 Å². The van der Waals surface area contributed by atoms with Gasteiger partial charge < -0.3 is 4.74 Å². The Morgan fingerprint density at radius 2 is 1.83 bits per heavy atom. The van der Waals surface area contributed by atoms with Crippen molar-refractivity contribution in [2.24, 2.45) is 0 Å². The normalized spacial score (nSPS) is 11.8. The average Bonchev–Trinajstić information content (AvgIpc) is 2.30. The third kappa shape index (κ3) is 5.51. The maximum absolute atomic E-state index is 11.2. The molecular formula is C13H21NO3S. The molecule has 0 saturated carbocycles. The van der Waals surface area contributed by atoms with Crippen LogP contribution >= 0.6 is 0 Å². The first-order chi connectivity index (χ1) is 8.43. The number of nitrogens with one attached hydrogen (secondary N) is 1. The summed E-state index contributed by atoms with van der Waals surface area (Å²) >= 11 is 0. The Balaban J connectivity index is 2.44. The third-order valence-electron chi connectivity index (χ3n) is 2.41. The van der Waals surface area contributed by atoms with Crippen molar-refractivity contribution in [3.63, 3.8) is 0 Å². The van der Waals surface area contributed by atoms with E-state index in [4.69, 9.17) is 4.74 Å². The SMILES string of the molecule is CCS(=O)(=O)NCCc1ccc(OC(C)C)cc1. The van der Waals surface area contributed by atoms with Crippen molar-refractivity contribution in [3.05, 3.63) is 29.8 Å². The standard InChI is InChI=1S/C13H21NO3S/c1-4-18(15,16)14-10-9-12-5-7-13(8-6-12)17-11(2)3/h5-8,11,14H,4,9-10H2,1-3H3. The summed E-state index contributed by atoms with van der Waals surface area (Å²) in [5, 5.41) is 0. The van der Waals surface area contributed by atoms with E-state index in [0.717, 1.165) is 11.3 Å². The summed E-state index contributed by atoms with van der Waals surface area (Å²) in [5.41, 5.74) is 1.09. The molecule has 1 aromatic rings. The highest BCUT2D eigenvalue weighted by Crippen LogP contribution is 2.13. The fourth-order valence-electron chi connectivity index (χ4n) is 1.46. The number of hydrogen-bond acceptors (Lipinski definition) is 3. The maximum Gasteiger partial charge on any atom is 0.211 e. The molecule has 0 aromatic heterocycles. The van der Waals surface area contributed by atoms with Crippen LogP contribution in [0.4, 0.5) is 0 Å². The molecule has 0 aliphatic rings. The summed E-state index contributed by atoms with van der Waals surface area (Å²) < 4.78 is 30.5. The summed E-state index contributed by atoms with van der Waals surface area (Å²) in [5.74, 6) is 0.955. The molecule has 0 radical (unpaired) electrons. The van der Waals surface area contributed by atoms with Crippen molar-refractivity contribution in [3.8, 4) is 5.75 Å². The van der Waals surface area contributed by atoms with Crippen molar-refractivity contribution in [1.82, 2.24) is 4.72 Å². The van der Waals surface area contributed by atoms with Gasteiger partial charge in [-0.2, -0.15) is 0 Å². The fraction of sp³-hybridized carbons (Fsp3) is 0.538. The second-order valence-electron chi connectivity index (χ2n) is 4.36. The van der Waals surface area contributed by atoms with Crippen molar-refractivity contribution >= 4 is 10.0 Å². The Bertz CT molecular complexity index is 452. The van der Waals surface area contributed by atoms with Crippen molar-refractivity contribution in [1.29, 1.82) is 0 Å². The van der Waals surface area contributed by atoms with E-state index in [1.807, 2.05) is 38.1 Å². The summed E-state index contributed by atoms with van der Waals surface area (Å²) in [6.07, 6.45) is 0.841. The maximum atomic E-state index is 11.2. The van der Waals surface area contributed by atoms with Crippen LogP contribution in [0.15, 0.2) is 24.3 Å². The van der Waals surface area contributed by atoms with Crippen LogP contribution in [0, 0.1) is 0 Å². The van der Waals surface area contributed by atoms with Gasteiger partial charge in [0.15, 0.2) is 0 Å². The van der Waals surface area contributed by atoms with Gasteiger partial charge in [-0.05, 0) is 44.9 Å². The van der Waals surface area contributed by atoms with E-state index >= 15 is 0 Å². The summed E-state index contributed by atoms with van der Waals surface area (Å²) in [7, 11) is -3.09. The average molecular weight is 271 g/mol. The highest BCUT2D eigenvalue weighted by atomic mass is 32.2. The zero-order valence-corrected chi connectivity index (χ0v) is 12.0. The molecule has 4 nitrogen and oxygen atoms in total. The molecule has 0 amide bonds. The second-order valence-corrected chi connectivity index (χ2v) is 6.45. The molecule has 102 valence electrons. The van der Waals surface area contributed by atoms with Gasteiger partial charge in [0.2, 0.25) is 10.0 Å². The number of rotatable bonds is 7. The lowest BCUT2D eigenvalue weighted by Gasteiger charge is -2.10. The van der Waals surface area contributed by atoms with Gasteiger partial charge in [0.05, 0.1) is 11.9 Å². The number of sulfonamides is 1. The van der Waals surface area contributed by atoms with Crippen molar-refractivity contribution in [2.45, 2.75) is 33.3 Å². The first kappa shape index (κ1) is 15.0. The molecule has 0 saturated heterocycles. The van der Waals surface area contributed by atoms with Crippen molar-refractivity contribution < 1.29 is 13.2 Å². The minimum Gasteiger partial charge on any atom is -0.491 e. The minimum atomic E-state index is -3.09. The Morgan fingerprint density at radius 3 is 2.33 bits per heavy atom. The molecule has 1 rings (SSSR count). The van der Waals surface area contributed by atoms with Gasteiger partial charge in [-0.3, -0.25) is 0 Å². The molecule has 1 aromatic carbocycles. The van der Waals surface area contributed by atoms with Crippen LogP contribution in [-0.2, 0) is 16.4 Å². The molecule has 0 atom stereocenters. The Labute approximate surface area is 109 Å². The highest BCUT2D eigenvalue weighted by molar-refractivity contribution is 7.89. The van der Waals surface area contributed by atoms with Crippen LogP contribution in [0.2, 0.25) is 0 Å². The number of benzene rings is 1. The van der Waals surface area contributed by atoms with E-state index in [-0.39, 0.29) is 11.9 Å². The van der Waals surface area contributed by atoms with E-state index in [0.29, 0.717) is 13.0 Å². The Hall–Kier alpha value is -1.07. The summed E-state index contributed by atoms with van der Waals surface area (Å²) in [6, 6.07) is 7.73. The van der Waals surface area contributed by atoms with E-state index in [2.05, 4.69) is 4.72 Å². The molecule has 0 fully saturated rings. The molecule has 0 bridgehead atoms. The van der Waals surface area contributed by atoms with Crippen LogP contribution < -0.4 is 9.46 Å². The number of ether oxygens (including phenoxy) is 1. The van der Waals surface area contributed by atoms with Crippen LogP contribution in [0.25, 0.3) is 0 Å². The molecule has 1 N–H and O–H groups in total. The van der Waals surface area contributed by atoms with Crippen LogP contribution in [0.3, 0.4) is 0 Å².